The summed E-state index contributed by atoms with van der Waals surface area (Å²) in [5, 5.41) is 0. The van der Waals surface area contributed by atoms with E-state index in [0.717, 1.165) is 31.1 Å². The zero-order valence-electron chi connectivity index (χ0n) is 15.1. The van der Waals surface area contributed by atoms with Gasteiger partial charge in [-0.25, -0.2) is 0 Å². The lowest BCUT2D eigenvalue weighted by Gasteiger charge is -2.31. The van der Waals surface area contributed by atoms with Gasteiger partial charge in [-0.1, -0.05) is 32.1 Å². The molecule has 1 aliphatic carbocycles. The van der Waals surface area contributed by atoms with Gasteiger partial charge < -0.3 is 18.0 Å². The molecule has 1 fully saturated rings. The van der Waals surface area contributed by atoms with E-state index in [0.29, 0.717) is 0 Å². The first-order valence-corrected chi connectivity index (χ1v) is 10.9. The van der Waals surface area contributed by atoms with Crippen molar-refractivity contribution in [2.24, 2.45) is 11.8 Å². The Morgan fingerprint density at radius 2 is 1.55 bits per heavy atom. The van der Waals surface area contributed by atoms with Crippen molar-refractivity contribution >= 4 is 8.80 Å². The summed E-state index contributed by atoms with van der Waals surface area (Å²) in [5.41, 5.74) is 0. The van der Waals surface area contributed by atoms with Gasteiger partial charge in [0.1, 0.15) is 0 Å². The van der Waals surface area contributed by atoms with Gasteiger partial charge in [0.25, 0.3) is 0 Å². The third-order valence-corrected chi connectivity index (χ3v) is 7.81. The highest BCUT2D eigenvalue weighted by Crippen LogP contribution is 2.36. The molecule has 1 saturated carbocycles. The van der Waals surface area contributed by atoms with E-state index in [1.165, 1.54) is 51.4 Å². The largest absolute Gasteiger partial charge is 0.500 e. The smallest absolute Gasteiger partial charge is 0.382 e. The monoisotopic (exact) mass is 332 g/mol. The maximum Gasteiger partial charge on any atom is 0.500 e. The van der Waals surface area contributed by atoms with Gasteiger partial charge in [-0.05, 0) is 38.0 Å². The van der Waals surface area contributed by atoms with E-state index < -0.39 is 8.80 Å². The number of hydrogen-bond donors (Lipinski definition) is 0. The summed E-state index contributed by atoms with van der Waals surface area (Å²) in [7, 11) is 2.75. The van der Waals surface area contributed by atoms with Gasteiger partial charge in [0, 0.05) is 40.6 Å². The predicted molar refractivity (Wildman–Crippen MR) is 92.0 cm³/mol. The Kier molecular flexibility index (Phi) is 10.6. The summed E-state index contributed by atoms with van der Waals surface area (Å²) in [5.74, 6) is 1.72. The first-order valence-electron chi connectivity index (χ1n) is 8.92. The molecular weight excluding hydrogens is 296 g/mol. The first kappa shape index (κ1) is 20.1. The number of ether oxygens (including phenoxy) is 1. The molecule has 22 heavy (non-hydrogen) atoms. The molecule has 0 saturated heterocycles. The summed E-state index contributed by atoms with van der Waals surface area (Å²) in [6.45, 7) is 3.83. The maximum absolute atomic E-state index is 5.54. The summed E-state index contributed by atoms with van der Waals surface area (Å²) >= 11 is 0. The molecule has 0 heterocycles. The van der Waals surface area contributed by atoms with Crippen LogP contribution in [-0.2, 0) is 18.0 Å². The molecule has 1 aliphatic rings. The third-order valence-electron chi connectivity index (χ3n) is 5.04. The molecule has 0 aromatic rings. The van der Waals surface area contributed by atoms with Gasteiger partial charge in [-0.15, -0.1) is 0 Å². The standard InChI is InChI=1S/C17H36O4Si/c1-5-21-13-7-6-9-16-10-8-11-17(15-16)12-14-22(18-2,19-3)20-4/h16-17H,5-15H2,1-4H3. The topological polar surface area (TPSA) is 36.9 Å². The predicted octanol–water partition coefficient (Wildman–Crippen LogP) is 4.27. The first-order chi connectivity index (χ1) is 10.7. The lowest BCUT2D eigenvalue weighted by molar-refractivity contribution is 0.118. The van der Waals surface area contributed by atoms with Crippen molar-refractivity contribution in [1.29, 1.82) is 0 Å². The average molecular weight is 333 g/mol. The fourth-order valence-electron chi connectivity index (χ4n) is 3.65. The maximum atomic E-state index is 5.54. The molecule has 1 rings (SSSR count). The molecule has 0 aliphatic heterocycles. The van der Waals surface area contributed by atoms with Gasteiger partial charge in [-0.2, -0.15) is 0 Å². The van der Waals surface area contributed by atoms with Crippen molar-refractivity contribution in [3.05, 3.63) is 0 Å². The lowest BCUT2D eigenvalue weighted by atomic mass is 9.78. The van der Waals surface area contributed by atoms with Crippen LogP contribution in [0.5, 0.6) is 0 Å². The van der Waals surface area contributed by atoms with Gasteiger partial charge in [0.05, 0.1) is 0 Å². The summed E-state index contributed by atoms with van der Waals surface area (Å²) in [4.78, 5) is 0. The van der Waals surface area contributed by atoms with Gasteiger partial charge in [-0.3, -0.25) is 0 Å². The molecule has 0 aromatic carbocycles. The molecule has 2 atom stereocenters. The van der Waals surface area contributed by atoms with E-state index in [2.05, 4.69) is 6.92 Å². The Morgan fingerprint density at radius 1 is 0.909 bits per heavy atom. The van der Waals surface area contributed by atoms with Crippen LogP contribution in [0.25, 0.3) is 0 Å². The van der Waals surface area contributed by atoms with E-state index in [9.17, 15) is 0 Å². The van der Waals surface area contributed by atoms with Crippen LogP contribution in [-0.4, -0.2) is 43.3 Å². The second kappa shape index (κ2) is 11.6. The van der Waals surface area contributed by atoms with Gasteiger partial charge >= 0.3 is 8.80 Å². The van der Waals surface area contributed by atoms with E-state index in [-0.39, 0.29) is 0 Å². The van der Waals surface area contributed by atoms with Crippen LogP contribution in [0.1, 0.15) is 58.3 Å². The van der Waals surface area contributed by atoms with Gasteiger partial charge in [0.15, 0.2) is 0 Å². The molecule has 0 N–H and O–H groups in total. The van der Waals surface area contributed by atoms with Crippen molar-refractivity contribution in [2.75, 3.05) is 34.5 Å². The normalized spacial score (nSPS) is 22.9. The molecular formula is C17H36O4Si. The molecule has 0 amide bonds. The van der Waals surface area contributed by atoms with Crippen LogP contribution < -0.4 is 0 Å². The molecule has 0 bridgehead atoms. The molecule has 5 heteroatoms. The zero-order valence-corrected chi connectivity index (χ0v) is 16.1. The van der Waals surface area contributed by atoms with Crippen LogP contribution in [0.3, 0.4) is 0 Å². The zero-order chi connectivity index (χ0) is 16.3. The van der Waals surface area contributed by atoms with E-state index >= 15 is 0 Å². The van der Waals surface area contributed by atoms with E-state index in [1.807, 2.05) is 0 Å². The number of hydrogen-bond acceptors (Lipinski definition) is 4. The second-order valence-electron chi connectivity index (χ2n) is 6.43. The molecule has 0 spiro atoms. The Labute approximate surface area is 138 Å². The average Bonchev–Trinajstić information content (AvgIpc) is 2.57. The Hall–Kier alpha value is 0.0569. The van der Waals surface area contributed by atoms with Crippen LogP contribution in [0.15, 0.2) is 0 Å². The summed E-state index contributed by atoms with van der Waals surface area (Å²) < 4.78 is 22.0. The van der Waals surface area contributed by atoms with E-state index in [4.69, 9.17) is 18.0 Å². The number of unbranched alkanes of at least 4 members (excludes halogenated alkanes) is 1. The molecule has 0 radical (unpaired) electrons. The highest BCUT2D eigenvalue weighted by atomic mass is 28.4. The Morgan fingerprint density at radius 3 is 2.14 bits per heavy atom. The van der Waals surface area contributed by atoms with Crippen molar-refractivity contribution in [1.82, 2.24) is 0 Å². The quantitative estimate of drug-likeness (QED) is 0.395. The summed E-state index contributed by atoms with van der Waals surface area (Å²) in [6.07, 6.45) is 10.6. The molecule has 0 aromatic heterocycles. The van der Waals surface area contributed by atoms with Crippen LogP contribution in [0, 0.1) is 11.8 Å². The molecule has 132 valence electrons. The van der Waals surface area contributed by atoms with Crippen molar-refractivity contribution in [2.45, 2.75) is 64.3 Å². The highest BCUT2D eigenvalue weighted by Gasteiger charge is 2.38. The number of rotatable bonds is 12. The fraction of sp³-hybridized carbons (Fsp3) is 1.00. The summed E-state index contributed by atoms with van der Waals surface area (Å²) in [6, 6.07) is 0.943. The minimum absolute atomic E-state index is 0.818. The van der Waals surface area contributed by atoms with E-state index in [1.54, 1.807) is 21.3 Å². The molecule has 4 nitrogen and oxygen atoms in total. The third kappa shape index (κ3) is 7.09. The van der Waals surface area contributed by atoms with Crippen molar-refractivity contribution in [3.8, 4) is 0 Å². The minimum Gasteiger partial charge on any atom is -0.382 e. The van der Waals surface area contributed by atoms with Crippen molar-refractivity contribution in [3.63, 3.8) is 0 Å². The lowest BCUT2D eigenvalue weighted by Crippen LogP contribution is -2.43. The van der Waals surface area contributed by atoms with Gasteiger partial charge in [0.2, 0.25) is 0 Å². The van der Waals surface area contributed by atoms with Crippen LogP contribution >= 0.6 is 0 Å². The Balaban J connectivity index is 2.25. The Bertz CT molecular complexity index is 263. The highest BCUT2D eigenvalue weighted by molar-refractivity contribution is 6.60. The van der Waals surface area contributed by atoms with Crippen LogP contribution in [0.4, 0.5) is 0 Å². The van der Waals surface area contributed by atoms with Crippen molar-refractivity contribution < 1.29 is 18.0 Å². The second-order valence-corrected chi connectivity index (χ2v) is 9.52. The molecule has 2 unspecified atom stereocenters. The SMILES string of the molecule is CCOCCCCC1CCCC(CC[Si](OC)(OC)OC)C1. The van der Waals surface area contributed by atoms with Crippen LogP contribution in [0.2, 0.25) is 6.04 Å². The minimum atomic E-state index is -2.38. The fourth-order valence-corrected chi connectivity index (χ4v) is 5.52.